The van der Waals surface area contributed by atoms with Crippen LogP contribution in [-0.4, -0.2) is 44.3 Å². The summed E-state index contributed by atoms with van der Waals surface area (Å²) < 4.78 is 60.4. The predicted molar refractivity (Wildman–Crippen MR) is 118 cm³/mol. The van der Waals surface area contributed by atoms with Crippen LogP contribution in [0.25, 0.3) is 15.0 Å². The molecule has 1 fully saturated rings. The van der Waals surface area contributed by atoms with Crippen molar-refractivity contribution in [2.45, 2.75) is 38.3 Å². The SMILES string of the molecule is CC(Nc1nccc(N2C(=O)OC[C@@H]2C(C)F)n1)c1ncn2c1sc1cc(C(F)(F)F)ccc12. The standard InChI is InChI=1S/C21H18F4N6O2S/c1-10(22)14-8-33-20(32)31(14)16-5-6-26-19(29-16)28-11(2)17-18-30(9-27-17)13-4-3-12(21(23,24)25)7-15(13)34-18/h3-7,9-11,14H,8H2,1-2H3,(H,26,28,29)/t10?,11?,14-/m1/s1. The van der Waals surface area contributed by atoms with Crippen molar-refractivity contribution in [2.24, 2.45) is 0 Å². The van der Waals surface area contributed by atoms with Gasteiger partial charge in [-0.3, -0.25) is 9.30 Å². The van der Waals surface area contributed by atoms with Crippen molar-refractivity contribution in [3.05, 3.63) is 48.0 Å². The van der Waals surface area contributed by atoms with E-state index in [0.717, 1.165) is 17.0 Å². The summed E-state index contributed by atoms with van der Waals surface area (Å²) in [6, 6.07) is 3.87. The van der Waals surface area contributed by atoms with Crippen LogP contribution in [0.4, 0.5) is 34.1 Å². The van der Waals surface area contributed by atoms with Crippen LogP contribution >= 0.6 is 11.3 Å². The fourth-order valence-electron chi connectivity index (χ4n) is 3.85. The molecule has 13 heteroatoms. The molecule has 0 radical (unpaired) electrons. The lowest BCUT2D eigenvalue weighted by atomic mass is 10.2. The molecule has 0 spiro atoms. The van der Waals surface area contributed by atoms with Crippen LogP contribution in [0.2, 0.25) is 0 Å². The molecule has 0 bridgehead atoms. The number of rotatable bonds is 5. The molecule has 1 N–H and O–H groups in total. The van der Waals surface area contributed by atoms with Crippen LogP contribution in [0, 0.1) is 0 Å². The molecule has 1 aromatic carbocycles. The summed E-state index contributed by atoms with van der Waals surface area (Å²) in [7, 11) is 0. The van der Waals surface area contributed by atoms with Crippen molar-refractivity contribution in [2.75, 3.05) is 16.8 Å². The Kier molecular flexibility index (Phi) is 5.30. The van der Waals surface area contributed by atoms with Gasteiger partial charge in [0, 0.05) is 6.20 Å². The van der Waals surface area contributed by atoms with Gasteiger partial charge in [-0.1, -0.05) is 0 Å². The summed E-state index contributed by atoms with van der Waals surface area (Å²) in [4.78, 5) is 26.9. The highest BCUT2D eigenvalue weighted by molar-refractivity contribution is 7.24. The fraction of sp³-hybridized carbons (Fsp3) is 0.333. The zero-order valence-corrected chi connectivity index (χ0v) is 18.7. The molecule has 8 nitrogen and oxygen atoms in total. The van der Waals surface area contributed by atoms with Crippen LogP contribution in [-0.2, 0) is 10.9 Å². The van der Waals surface area contributed by atoms with Gasteiger partial charge < -0.3 is 10.1 Å². The Morgan fingerprint density at radius 1 is 1.24 bits per heavy atom. The summed E-state index contributed by atoms with van der Waals surface area (Å²) in [5.74, 6) is 0.370. The van der Waals surface area contributed by atoms with Crippen molar-refractivity contribution in [3.8, 4) is 0 Å². The number of fused-ring (bicyclic) bond motifs is 3. The number of thiazole rings is 1. The zero-order valence-electron chi connectivity index (χ0n) is 17.9. The first-order valence-corrected chi connectivity index (χ1v) is 11.1. The van der Waals surface area contributed by atoms with Crippen LogP contribution in [0.3, 0.4) is 0 Å². The van der Waals surface area contributed by atoms with E-state index < -0.39 is 36.1 Å². The number of imidazole rings is 1. The second-order valence-electron chi connectivity index (χ2n) is 7.88. The molecular weight excluding hydrogens is 476 g/mol. The number of carbonyl (C=O) groups is 1. The molecule has 0 aliphatic carbocycles. The highest BCUT2D eigenvalue weighted by atomic mass is 32.1. The van der Waals surface area contributed by atoms with Crippen molar-refractivity contribution in [3.63, 3.8) is 0 Å². The lowest BCUT2D eigenvalue weighted by Crippen LogP contribution is -2.39. The van der Waals surface area contributed by atoms with E-state index in [1.165, 1.54) is 36.6 Å². The molecule has 1 amide bonds. The normalized spacial score (nSPS) is 18.5. The summed E-state index contributed by atoms with van der Waals surface area (Å²) in [5.41, 5.74) is 0.507. The van der Waals surface area contributed by atoms with Crippen LogP contribution in [0.1, 0.15) is 31.1 Å². The molecule has 5 rings (SSSR count). The summed E-state index contributed by atoms with van der Waals surface area (Å²) >= 11 is 1.20. The lowest BCUT2D eigenvalue weighted by molar-refractivity contribution is -0.137. The molecular formula is C21H18F4N6O2S. The van der Waals surface area contributed by atoms with Gasteiger partial charge in [-0.2, -0.15) is 18.2 Å². The summed E-state index contributed by atoms with van der Waals surface area (Å²) in [6.07, 6.45) is -3.44. The maximum atomic E-state index is 13.9. The number of anilines is 2. The summed E-state index contributed by atoms with van der Waals surface area (Å²) in [6.45, 7) is 3.07. The maximum Gasteiger partial charge on any atom is 0.416 e. The number of hydrogen-bond acceptors (Lipinski definition) is 7. The topological polar surface area (TPSA) is 84.7 Å². The van der Waals surface area contributed by atoms with Gasteiger partial charge in [0.2, 0.25) is 5.95 Å². The highest BCUT2D eigenvalue weighted by Crippen LogP contribution is 2.36. The Morgan fingerprint density at radius 2 is 2.03 bits per heavy atom. The van der Waals surface area contributed by atoms with E-state index in [2.05, 4.69) is 20.3 Å². The van der Waals surface area contributed by atoms with Crippen LogP contribution in [0.5, 0.6) is 0 Å². The number of halogens is 4. The lowest BCUT2D eigenvalue weighted by Gasteiger charge is -2.22. The molecule has 3 aromatic heterocycles. The minimum Gasteiger partial charge on any atom is -0.447 e. The first kappa shape index (κ1) is 22.3. The van der Waals surface area contributed by atoms with Crippen LogP contribution in [0.15, 0.2) is 36.8 Å². The number of hydrogen-bond donors (Lipinski definition) is 1. The fourth-order valence-corrected chi connectivity index (χ4v) is 5.09. The average molecular weight is 494 g/mol. The molecule has 178 valence electrons. The highest BCUT2D eigenvalue weighted by Gasteiger charge is 2.39. The van der Waals surface area contributed by atoms with Crippen molar-refractivity contribution >= 4 is 44.2 Å². The monoisotopic (exact) mass is 494 g/mol. The minimum absolute atomic E-state index is 0.0751. The second-order valence-corrected chi connectivity index (χ2v) is 8.91. The van der Waals surface area contributed by atoms with Gasteiger partial charge in [0.1, 0.15) is 35.8 Å². The van der Waals surface area contributed by atoms with E-state index in [1.54, 1.807) is 17.7 Å². The molecule has 1 aliphatic rings. The van der Waals surface area contributed by atoms with E-state index in [4.69, 9.17) is 4.74 Å². The predicted octanol–water partition coefficient (Wildman–Crippen LogP) is 5.21. The number of nitrogens with zero attached hydrogens (tertiary/aromatic N) is 5. The average Bonchev–Trinajstić information content (AvgIpc) is 3.45. The Morgan fingerprint density at radius 3 is 2.76 bits per heavy atom. The number of nitrogens with one attached hydrogen (secondary N) is 1. The quantitative estimate of drug-likeness (QED) is 0.383. The van der Waals surface area contributed by atoms with Crippen molar-refractivity contribution < 1.29 is 27.1 Å². The number of alkyl halides is 4. The number of aromatic nitrogens is 4. The van der Waals surface area contributed by atoms with Gasteiger partial charge in [0.25, 0.3) is 0 Å². The van der Waals surface area contributed by atoms with E-state index >= 15 is 0 Å². The van der Waals surface area contributed by atoms with Crippen molar-refractivity contribution in [1.29, 1.82) is 0 Å². The zero-order chi connectivity index (χ0) is 24.2. The number of amides is 1. The minimum atomic E-state index is -4.42. The van der Waals surface area contributed by atoms with Crippen LogP contribution < -0.4 is 10.2 Å². The smallest absolute Gasteiger partial charge is 0.416 e. The molecule has 2 unspecified atom stereocenters. The second kappa shape index (κ2) is 8.08. The molecule has 34 heavy (non-hydrogen) atoms. The molecule has 4 heterocycles. The molecule has 3 atom stereocenters. The van der Waals surface area contributed by atoms with E-state index in [9.17, 15) is 22.4 Å². The third-order valence-electron chi connectivity index (χ3n) is 5.58. The molecule has 4 aromatic rings. The summed E-state index contributed by atoms with van der Waals surface area (Å²) in [5, 5.41) is 3.10. The van der Waals surface area contributed by atoms with Gasteiger partial charge in [0.15, 0.2) is 0 Å². The van der Waals surface area contributed by atoms with Gasteiger partial charge in [0.05, 0.1) is 27.5 Å². The Balaban J connectivity index is 1.43. The van der Waals surface area contributed by atoms with Gasteiger partial charge in [-0.25, -0.2) is 19.2 Å². The number of ether oxygens (including phenoxy) is 1. The molecule has 1 aliphatic heterocycles. The number of cyclic esters (lactones) is 1. The van der Waals surface area contributed by atoms with Gasteiger partial charge in [-0.15, -0.1) is 11.3 Å². The third kappa shape index (κ3) is 3.79. The third-order valence-corrected chi connectivity index (χ3v) is 6.73. The maximum absolute atomic E-state index is 13.9. The first-order valence-electron chi connectivity index (χ1n) is 10.3. The molecule has 1 saturated heterocycles. The number of benzene rings is 1. The van der Waals surface area contributed by atoms with E-state index in [0.29, 0.717) is 20.7 Å². The molecule has 0 saturated carbocycles. The Bertz CT molecular complexity index is 1380. The first-order chi connectivity index (χ1) is 16.1. The van der Waals surface area contributed by atoms with Gasteiger partial charge in [-0.05, 0) is 38.1 Å². The van der Waals surface area contributed by atoms with E-state index in [1.807, 2.05) is 0 Å². The van der Waals surface area contributed by atoms with E-state index in [-0.39, 0.29) is 18.4 Å². The van der Waals surface area contributed by atoms with Gasteiger partial charge >= 0.3 is 12.3 Å². The Labute approximate surface area is 194 Å². The Hall–Kier alpha value is -3.48. The largest absolute Gasteiger partial charge is 0.447 e. The van der Waals surface area contributed by atoms with Crippen molar-refractivity contribution in [1.82, 2.24) is 19.4 Å². The number of carbonyl (C=O) groups excluding carboxylic acids is 1.